The van der Waals surface area contributed by atoms with Crippen LogP contribution in [0.2, 0.25) is 0 Å². The number of fused-ring (bicyclic) bond motifs is 4. The lowest BCUT2D eigenvalue weighted by Gasteiger charge is -2.51. The lowest BCUT2D eigenvalue weighted by atomic mass is 9.54. The predicted octanol–water partition coefficient (Wildman–Crippen LogP) is 3.80. The zero-order valence-electron chi connectivity index (χ0n) is 13.2. The summed E-state index contributed by atoms with van der Waals surface area (Å²) in [5, 5.41) is 10.5. The van der Waals surface area contributed by atoms with Crippen LogP contribution in [-0.2, 0) is 4.79 Å². The molecular formula is C19H26O2. The highest BCUT2D eigenvalue weighted by Crippen LogP contribution is 2.61. The Bertz CT molecular complexity index is 556. The summed E-state index contributed by atoms with van der Waals surface area (Å²) in [4.78, 5) is 11.7. The fourth-order valence-electron chi connectivity index (χ4n) is 6.05. The van der Waals surface area contributed by atoms with Gasteiger partial charge >= 0.3 is 0 Å². The molecule has 21 heavy (non-hydrogen) atoms. The number of ketones is 1. The van der Waals surface area contributed by atoms with Crippen LogP contribution in [0.4, 0.5) is 0 Å². The van der Waals surface area contributed by atoms with E-state index in [9.17, 15) is 9.90 Å². The molecule has 5 atom stereocenters. The van der Waals surface area contributed by atoms with Crippen LogP contribution in [0, 0.1) is 23.2 Å². The maximum Gasteiger partial charge on any atom is 0.156 e. The molecule has 2 nitrogen and oxygen atoms in total. The van der Waals surface area contributed by atoms with Crippen molar-refractivity contribution in [2.45, 2.75) is 64.9 Å². The normalized spacial score (nSPS) is 45.9. The Labute approximate surface area is 127 Å². The molecule has 114 valence electrons. The second-order valence-electron chi connectivity index (χ2n) is 8.03. The summed E-state index contributed by atoms with van der Waals surface area (Å²) < 4.78 is 0. The number of aliphatic hydroxyl groups is 1. The molecule has 4 aliphatic rings. The van der Waals surface area contributed by atoms with Crippen molar-refractivity contribution in [2.24, 2.45) is 23.2 Å². The van der Waals surface area contributed by atoms with E-state index in [1.165, 1.54) is 24.0 Å². The molecule has 0 saturated heterocycles. The van der Waals surface area contributed by atoms with Crippen LogP contribution in [0.15, 0.2) is 22.8 Å². The van der Waals surface area contributed by atoms with Crippen LogP contribution in [-0.4, -0.2) is 17.0 Å². The lowest BCUT2D eigenvalue weighted by molar-refractivity contribution is -0.114. The summed E-state index contributed by atoms with van der Waals surface area (Å²) in [7, 11) is 0. The largest absolute Gasteiger partial charge is 0.393 e. The van der Waals surface area contributed by atoms with E-state index in [1.807, 2.05) is 6.08 Å². The average molecular weight is 286 g/mol. The van der Waals surface area contributed by atoms with Gasteiger partial charge in [-0.2, -0.15) is 0 Å². The molecule has 0 radical (unpaired) electrons. The highest BCUT2D eigenvalue weighted by atomic mass is 16.3. The number of aliphatic hydroxyl groups excluding tert-OH is 1. The Morgan fingerprint density at radius 1 is 1.19 bits per heavy atom. The second kappa shape index (κ2) is 4.55. The van der Waals surface area contributed by atoms with Gasteiger partial charge in [0.2, 0.25) is 0 Å². The Balaban J connectivity index is 1.80. The van der Waals surface area contributed by atoms with Crippen molar-refractivity contribution in [3.63, 3.8) is 0 Å². The molecule has 0 aliphatic heterocycles. The quantitative estimate of drug-likeness (QED) is 0.735. The van der Waals surface area contributed by atoms with Crippen molar-refractivity contribution in [1.29, 1.82) is 0 Å². The fraction of sp³-hybridized carbons (Fsp3) is 0.737. The summed E-state index contributed by atoms with van der Waals surface area (Å²) in [6.45, 7) is 4.67. The minimum absolute atomic E-state index is 0.110. The first-order valence-electron chi connectivity index (χ1n) is 8.65. The fourth-order valence-corrected chi connectivity index (χ4v) is 6.05. The van der Waals surface area contributed by atoms with Crippen molar-refractivity contribution in [3.05, 3.63) is 22.8 Å². The molecule has 0 heterocycles. The zero-order valence-corrected chi connectivity index (χ0v) is 13.2. The van der Waals surface area contributed by atoms with Crippen LogP contribution in [0.3, 0.4) is 0 Å². The van der Waals surface area contributed by atoms with Crippen LogP contribution in [0.25, 0.3) is 0 Å². The van der Waals surface area contributed by atoms with Crippen molar-refractivity contribution < 1.29 is 9.90 Å². The standard InChI is InChI=1S/C19H26O2/c1-11-10-19(2)16(7-8-17(19)21)15-5-3-12-9-13(20)4-6-14(12)18(11)15/h9,11,15-17,21H,3-8,10H2,1-2H3/t11-,15?,16?,17-,19-/m0/s1. The molecule has 4 aliphatic carbocycles. The molecule has 0 bridgehead atoms. The van der Waals surface area contributed by atoms with Gasteiger partial charge in [0.15, 0.2) is 5.78 Å². The van der Waals surface area contributed by atoms with Gasteiger partial charge in [-0.05, 0) is 78.9 Å². The van der Waals surface area contributed by atoms with Crippen LogP contribution >= 0.6 is 0 Å². The van der Waals surface area contributed by atoms with E-state index in [0.29, 0.717) is 30.0 Å². The summed E-state index contributed by atoms with van der Waals surface area (Å²) in [6.07, 6.45) is 9.03. The molecule has 0 aromatic heterocycles. The van der Waals surface area contributed by atoms with E-state index in [1.54, 1.807) is 5.57 Å². The average Bonchev–Trinajstić information content (AvgIpc) is 2.74. The first-order chi connectivity index (χ1) is 10.0. The molecule has 2 saturated carbocycles. The zero-order chi connectivity index (χ0) is 14.8. The Kier molecular flexibility index (Phi) is 2.98. The predicted molar refractivity (Wildman–Crippen MR) is 82.7 cm³/mol. The molecule has 2 fully saturated rings. The van der Waals surface area contributed by atoms with Gasteiger partial charge in [-0.15, -0.1) is 0 Å². The minimum atomic E-state index is -0.110. The number of hydrogen-bond donors (Lipinski definition) is 1. The van der Waals surface area contributed by atoms with Gasteiger partial charge in [-0.3, -0.25) is 4.79 Å². The van der Waals surface area contributed by atoms with E-state index in [2.05, 4.69) is 13.8 Å². The molecule has 0 spiro atoms. The van der Waals surface area contributed by atoms with Crippen molar-refractivity contribution in [1.82, 2.24) is 0 Å². The van der Waals surface area contributed by atoms with E-state index in [-0.39, 0.29) is 11.5 Å². The summed E-state index contributed by atoms with van der Waals surface area (Å²) in [5.41, 5.74) is 4.66. The number of hydrogen-bond acceptors (Lipinski definition) is 2. The van der Waals surface area contributed by atoms with Crippen LogP contribution < -0.4 is 0 Å². The van der Waals surface area contributed by atoms with Gasteiger partial charge in [-0.1, -0.05) is 19.4 Å². The Morgan fingerprint density at radius 2 is 2.00 bits per heavy atom. The lowest BCUT2D eigenvalue weighted by Crippen LogP contribution is -2.45. The number of carbonyl (C=O) groups excluding carboxylic acids is 1. The molecule has 2 unspecified atom stereocenters. The van der Waals surface area contributed by atoms with Crippen molar-refractivity contribution in [2.75, 3.05) is 0 Å². The van der Waals surface area contributed by atoms with E-state index < -0.39 is 0 Å². The van der Waals surface area contributed by atoms with Gasteiger partial charge in [-0.25, -0.2) is 0 Å². The molecule has 0 aromatic rings. The Hall–Kier alpha value is -0.890. The van der Waals surface area contributed by atoms with Gasteiger partial charge in [0.25, 0.3) is 0 Å². The van der Waals surface area contributed by atoms with Crippen molar-refractivity contribution in [3.8, 4) is 0 Å². The van der Waals surface area contributed by atoms with Crippen LogP contribution in [0.1, 0.15) is 58.8 Å². The summed E-state index contributed by atoms with van der Waals surface area (Å²) in [5.74, 6) is 2.20. The third kappa shape index (κ3) is 1.84. The second-order valence-corrected chi connectivity index (χ2v) is 8.03. The molecular weight excluding hydrogens is 260 g/mol. The highest BCUT2D eigenvalue weighted by molar-refractivity contribution is 5.93. The number of carbonyl (C=O) groups is 1. The van der Waals surface area contributed by atoms with Gasteiger partial charge < -0.3 is 5.11 Å². The first-order valence-corrected chi connectivity index (χ1v) is 8.65. The van der Waals surface area contributed by atoms with E-state index >= 15 is 0 Å². The number of rotatable bonds is 0. The third-order valence-corrected chi connectivity index (χ3v) is 6.94. The Morgan fingerprint density at radius 3 is 2.81 bits per heavy atom. The number of allylic oxidation sites excluding steroid dienone is 4. The molecule has 2 heteroatoms. The van der Waals surface area contributed by atoms with E-state index in [4.69, 9.17) is 0 Å². The smallest absolute Gasteiger partial charge is 0.156 e. The molecule has 0 aromatic carbocycles. The molecule has 0 amide bonds. The van der Waals surface area contributed by atoms with E-state index in [0.717, 1.165) is 25.7 Å². The van der Waals surface area contributed by atoms with Gasteiger partial charge in [0, 0.05) is 6.42 Å². The maximum atomic E-state index is 11.7. The molecule has 1 N–H and O–H groups in total. The maximum absolute atomic E-state index is 11.7. The molecule has 4 rings (SSSR count). The first kappa shape index (κ1) is 13.8. The monoisotopic (exact) mass is 286 g/mol. The van der Waals surface area contributed by atoms with Crippen molar-refractivity contribution >= 4 is 5.78 Å². The summed E-state index contributed by atoms with van der Waals surface area (Å²) in [6, 6.07) is 0. The highest BCUT2D eigenvalue weighted by Gasteiger charge is 2.55. The van der Waals surface area contributed by atoms with Crippen LogP contribution in [0.5, 0.6) is 0 Å². The minimum Gasteiger partial charge on any atom is -0.393 e. The SMILES string of the molecule is C[C@H]1C[C@@]2(C)C(CC[C@@H]2O)C2CCC3=CC(=O)CCC3=C21. The van der Waals surface area contributed by atoms with Gasteiger partial charge in [0.05, 0.1) is 6.10 Å². The third-order valence-electron chi connectivity index (χ3n) is 6.94. The van der Waals surface area contributed by atoms with Gasteiger partial charge in [0.1, 0.15) is 0 Å². The summed E-state index contributed by atoms with van der Waals surface area (Å²) >= 11 is 0. The topological polar surface area (TPSA) is 37.3 Å².